The van der Waals surface area contributed by atoms with Crippen molar-refractivity contribution < 1.29 is 4.42 Å². The minimum Gasteiger partial charge on any atom is -0.442 e. The van der Waals surface area contributed by atoms with Gasteiger partial charge in [-0.05, 0) is 5.92 Å². The molecule has 108 valence electrons. The van der Waals surface area contributed by atoms with Crippen LogP contribution in [-0.2, 0) is 0 Å². The molecule has 2 aromatic heterocycles. The van der Waals surface area contributed by atoms with Crippen molar-refractivity contribution in [3.05, 3.63) is 33.6 Å². The van der Waals surface area contributed by atoms with Gasteiger partial charge in [0.2, 0.25) is 5.71 Å². The highest BCUT2D eigenvalue weighted by Gasteiger charge is 2.18. The molecular formula is C16H22N2O2. The third kappa shape index (κ3) is 2.60. The Hall–Kier alpha value is -1.71. The summed E-state index contributed by atoms with van der Waals surface area (Å²) in [6.45, 7) is 12.1. The van der Waals surface area contributed by atoms with Crippen molar-refractivity contribution in [2.75, 3.05) is 0 Å². The molecular weight excluding hydrogens is 252 g/mol. The van der Waals surface area contributed by atoms with E-state index in [2.05, 4.69) is 9.97 Å². The van der Waals surface area contributed by atoms with Crippen LogP contribution < -0.4 is 5.43 Å². The number of hydrogen-bond donors (Lipinski definition) is 0. The Kier molecular flexibility index (Phi) is 3.93. The van der Waals surface area contributed by atoms with E-state index in [1.54, 1.807) is 6.07 Å². The van der Waals surface area contributed by atoms with Gasteiger partial charge in [0.15, 0.2) is 5.43 Å². The first-order valence-electron chi connectivity index (χ1n) is 7.16. The number of nitrogens with zero attached hydrogens (tertiary/aromatic N) is 2. The second kappa shape index (κ2) is 5.35. The molecule has 0 unspecified atom stereocenters. The minimum absolute atomic E-state index is 0.0473. The Balaban J connectivity index is 2.86. The van der Waals surface area contributed by atoms with Crippen molar-refractivity contribution in [1.29, 1.82) is 0 Å². The molecule has 0 N–H and O–H groups in total. The lowest BCUT2D eigenvalue weighted by atomic mass is 10.0. The number of aromatic nitrogens is 2. The van der Waals surface area contributed by atoms with E-state index in [1.165, 1.54) is 0 Å². The van der Waals surface area contributed by atoms with Crippen LogP contribution in [0.1, 0.15) is 76.6 Å². The third-order valence-corrected chi connectivity index (χ3v) is 3.29. The lowest BCUT2D eigenvalue weighted by Crippen LogP contribution is -2.12. The van der Waals surface area contributed by atoms with Crippen molar-refractivity contribution in [1.82, 2.24) is 9.97 Å². The third-order valence-electron chi connectivity index (χ3n) is 3.29. The van der Waals surface area contributed by atoms with Gasteiger partial charge in [-0.2, -0.15) is 4.98 Å². The summed E-state index contributed by atoms with van der Waals surface area (Å²) in [7, 11) is 0. The summed E-state index contributed by atoms with van der Waals surface area (Å²) < 4.78 is 5.83. The fraction of sp³-hybridized carbons (Fsp3) is 0.562. The van der Waals surface area contributed by atoms with E-state index in [0.29, 0.717) is 16.9 Å². The van der Waals surface area contributed by atoms with Crippen LogP contribution in [0.15, 0.2) is 15.3 Å². The van der Waals surface area contributed by atoms with Crippen LogP contribution in [0.25, 0.3) is 11.1 Å². The summed E-state index contributed by atoms with van der Waals surface area (Å²) >= 11 is 0. The molecule has 4 heteroatoms. The lowest BCUT2D eigenvalue weighted by molar-refractivity contribution is 0.496. The van der Waals surface area contributed by atoms with E-state index in [0.717, 1.165) is 11.5 Å². The second-order valence-corrected chi connectivity index (χ2v) is 6.12. The summed E-state index contributed by atoms with van der Waals surface area (Å²) in [5.41, 5.74) is 1.15. The van der Waals surface area contributed by atoms with Gasteiger partial charge in [-0.3, -0.25) is 4.79 Å². The van der Waals surface area contributed by atoms with Crippen molar-refractivity contribution in [2.45, 2.75) is 59.3 Å². The minimum atomic E-state index is -0.0473. The standard InChI is InChI=1S/C16H22N2O2/c1-8(2)12-7-11(19)13-14(9(3)4)17-15(10(5)6)18-16(13)20-12/h7-10H,1-6H3. The Morgan fingerprint density at radius 3 is 2.10 bits per heavy atom. The van der Waals surface area contributed by atoms with Gasteiger partial charge in [0.1, 0.15) is 17.0 Å². The fourth-order valence-electron chi connectivity index (χ4n) is 2.08. The first-order chi connectivity index (χ1) is 9.31. The molecule has 0 atom stereocenters. The average Bonchev–Trinajstić information content (AvgIpc) is 2.36. The van der Waals surface area contributed by atoms with Crippen LogP contribution in [0.5, 0.6) is 0 Å². The number of fused-ring (bicyclic) bond motifs is 1. The Bertz CT molecular complexity index is 679. The van der Waals surface area contributed by atoms with Crippen LogP contribution in [0.4, 0.5) is 0 Å². The van der Waals surface area contributed by atoms with E-state index in [9.17, 15) is 4.79 Å². The smallest absolute Gasteiger partial charge is 0.233 e. The van der Waals surface area contributed by atoms with E-state index in [1.807, 2.05) is 41.5 Å². The molecule has 2 rings (SSSR count). The van der Waals surface area contributed by atoms with Crippen LogP contribution in [0.3, 0.4) is 0 Å². The monoisotopic (exact) mass is 274 g/mol. The molecule has 2 aromatic rings. The zero-order valence-electron chi connectivity index (χ0n) is 13.0. The maximum absolute atomic E-state index is 12.4. The summed E-state index contributed by atoms with van der Waals surface area (Å²) in [6.07, 6.45) is 0. The maximum Gasteiger partial charge on any atom is 0.233 e. The molecule has 0 fully saturated rings. The summed E-state index contributed by atoms with van der Waals surface area (Å²) in [6, 6.07) is 1.57. The van der Waals surface area contributed by atoms with E-state index in [4.69, 9.17) is 4.42 Å². The quantitative estimate of drug-likeness (QED) is 0.850. The molecule has 0 bridgehead atoms. The van der Waals surface area contributed by atoms with Crippen molar-refractivity contribution in [2.24, 2.45) is 0 Å². The highest BCUT2D eigenvalue weighted by Crippen LogP contribution is 2.25. The van der Waals surface area contributed by atoms with E-state index < -0.39 is 0 Å². The largest absolute Gasteiger partial charge is 0.442 e. The Morgan fingerprint density at radius 1 is 0.950 bits per heavy atom. The van der Waals surface area contributed by atoms with E-state index in [-0.39, 0.29) is 23.2 Å². The molecule has 0 radical (unpaired) electrons. The van der Waals surface area contributed by atoms with Crippen molar-refractivity contribution in [3.8, 4) is 0 Å². The highest BCUT2D eigenvalue weighted by atomic mass is 16.3. The van der Waals surface area contributed by atoms with Crippen molar-refractivity contribution in [3.63, 3.8) is 0 Å². The summed E-state index contributed by atoms with van der Waals surface area (Å²) in [4.78, 5) is 21.4. The normalized spacial score (nSPS) is 12.1. The molecule has 20 heavy (non-hydrogen) atoms. The fourth-order valence-corrected chi connectivity index (χ4v) is 2.08. The molecule has 4 nitrogen and oxygen atoms in total. The van der Waals surface area contributed by atoms with Crippen molar-refractivity contribution >= 4 is 11.1 Å². The highest BCUT2D eigenvalue weighted by molar-refractivity contribution is 5.76. The van der Waals surface area contributed by atoms with Gasteiger partial charge < -0.3 is 4.42 Å². The predicted octanol–water partition coefficient (Wildman–Crippen LogP) is 3.95. The molecule has 0 amide bonds. The average molecular weight is 274 g/mol. The molecule has 0 aliphatic heterocycles. The molecule has 2 heterocycles. The zero-order valence-corrected chi connectivity index (χ0v) is 13.0. The van der Waals surface area contributed by atoms with Gasteiger partial charge in [0.25, 0.3) is 0 Å². The first kappa shape index (κ1) is 14.7. The Morgan fingerprint density at radius 2 is 1.60 bits per heavy atom. The van der Waals surface area contributed by atoms with Crippen LogP contribution in [0, 0.1) is 0 Å². The van der Waals surface area contributed by atoms with Gasteiger partial charge >= 0.3 is 0 Å². The van der Waals surface area contributed by atoms with E-state index >= 15 is 0 Å². The Labute approximate surface area is 119 Å². The summed E-state index contributed by atoms with van der Waals surface area (Å²) in [5, 5.41) is 0.522. The van der Waals surface area contributed by atoms with Gasteiger partial charge in [-0.25, -0.2) is 4.98 Å². The molecule has 0 saturated heterocycles. The molecule has 0 spiro atoms. The topological polar surface area (TPSA) is 56.0 Å². The van der Waals surface area contributed by atoms with Crippen LogP contribution in [0.2, 0.25) is 0 Å². The number of rotatable bonds is 3. The van der Waals surface area contributed by atoms with Crippen LogP contribution in [-0.4, -0.2) is 9.97 Å². The van der Waals surface area contributed by atoms with Gasteiger partial charge in [-0.15, -0.1) is 0 Å². The van der Waals surface area contributed by atoms with Gasteiger partial charge in [0, 0.05) is 17.9 Å². The lowest BCUT2D eigenvalue weighted by Gasteiger charge is -2.13. The van der Waals surface area contributed by atoms with Gasteiger partial charge in [-0.1, -0.05) is 41.5 Å². The van der Waals surface area contributed by atoms with Crippen LogP contribution >= 0.6 is 0 Å². The zero-order chi connectivity index (χ0) is 15.0. The molecule has 0 aromatic carbocycles. The van der Waals surface area contributed by atoms with Gasteiger partial charge in [0.05, 0.1) is 5.69 Å². The predicted molar refractivity (Wildman–Crippen MR) is 80.3 cm³/mol. The molecule has 0 aliphatic rings. The summed E-state index contributed by atoms with van der Waals surface area (Å²) in [5.74, 6) is 1.92. The maximum atomic E-state index is 12.4. The first-order valence-corrected chi connectivity index (χ1v) is 7.16. The SMILES string of the molecule is CC(C)c1nc(C(C)C)c2c(=O)cc(C(C)C)oc2n1. The second-order valence-electron chi connectivity index (χ2n) is 6.12. The molecule has 0 aliphatic carbocycles. The number of hydrogen-bond acceptors (Lipinski definition) is 4. The molecule has 0 saturated carbocycles.